The van der Waals surface area contributed by atoms with Gasteiger partial charge in [0.05, 0.1) is 96.5 Å². The van der Waals surface area contributed by atoms with Gasteiger partial charge in [-0.05, 0) is 155 Å². The molecule has 11 rings (SSSR count). The number of primary amides is 1. The summed E-state index contributed by atoms with van der Waals surface area (Å²) < 4.78 is 135. The van der Waals surface area contributed by atoms with Crippen LogP contribution < -0.4 is 35.9 Å². The van der Waals surface area contributed by atoms with Gasteiger partial charge < -0.3 is 80.0 Å². The second-order valence-corrected chi connectivity index (χ2v) is 42.3. The molecule has 13 N–H and O–H groups in total. The molecular weight excluding hydrogens is 1750 g/mol. The molecule has 4 aliphatic heterocycles. The van der Waals surface area contributed by atoms with Crippen molar-refractivity contribution in [3.8, 4) is 5.75 Å². The van der Waals surface area contributed by atoms with Gasteiger partial charge in [0.15, 0.2) is 54.0 Å². The van der Waals surface area contributed by atoms with Crippen LogP contribution in [0.2, 0.25) is 0 Å². The number of nitrogens with one attached hydrogen (secondary N) is 3. The Morgan fingerprint density at radius 2 is 1.28 bits per heavy atom. The minimum absolute atomic E-state index is 0.0473. The van der Waals surface area contributed by atoms with Crippen LogP contribution in [0.15, 0.2) is 155 Å². The number of nitrogens with two attached hydrogens (primary N) is 1. The number of allylic oxidation sites excluding steroid dienone is 7. The fourth-order valence-corrected chi connectivity index (χ4v) is 19.8. The van der Waals surface area contributed by atoms with Gasteiger partial charge in [0.25, 0.3) is 32.4 Å². The van der Waals surface area contributed by atoms with Crippen LogP contribution in [0.4, 0.5) is 17.2 Å². The number of aliphatic hydroxyl groups excluding tert-OH is 4. The smallest absolute Gasteiger partial charge is 0.457 e. The molecule has 2 saturated heterocycles. The Morgan fingerprint density at radius 1 is 0.667 bits per heavy atom. The van der Waals surface area contributed by atoms with Gasteiger partial charge >= 0.3 is 15.6 Å². The molecule has 37 nitrogen and oxygen atoms in total. The van der Waals surface area contributed by atoms with E-state index in [0.29, 0.717) is 108 Å². The Bertz CT molecular complexity index is 5560. The molecule has 3 amide bonds. The highest BCUT2D eigenvalue weighted by atomic mass is 32.2. The number of Topliss-reactive ketones (excluding diaryl/α,β-unsaturated/α-hetero) is 1. The van der Waals surface area contributed by atoms with E-state index < -0.39 is 115 Å². The van der Waals surface area contributed by atoms with Crippen molar-refractivity contribution < 1.29 is 130 Å². The van der Waals surface area contributed by atoms with Crippen molar-refractivity contribution in [3.05, 3.63) is 167 Å². The second kappa shape index (κ2) is 42.8. The minimum atomic E-state index is -5.49. The standard InChI is InChI=1S/C88H121N13O24P2S2/c1-87(2)66-51-64(128(114,115)116)36-38-68(66)97(47-21-49-100(5,6)7)72(87)40-32-59-23-18-24-60(33-41-73-88(3,4)67-52-65(129(117,118)119)37-39-69(67)98(73)48-22-50-101(8,9)10)81(59)122-63-34-29-58(30-35-63)31-42-75(104)90-43-17-13-15-27-62(102)26-14-11-12-16-28-74(103)91-44-20-45-92-83-76-84(94-56-93-83)99(57-95-76)86-80(108)78(106)71(124-86)55-121-127(112,113)125-126(110,111)120-54-70-77(105)79(107)85(123-70)96-46-19-25-61(53-96)82(89)109/h19,25,29-30,32-41,46,51-53,56-57,70-71,77-80,85-86,105-108H,11-18,20-24,26-28,31,42-45,47-50,54-55H2,1-10H3,(H5-4,89,90,91,92,93,94,103,104,109,110,111,112,113,114,115,116,117,118,119)/p+4/t70-,71-,77-,78-,79-,80-,85-,86-/m1/s1. The molecule has 7 heterocycles. The van der Waals surface area contributed by atoms with Crippen molar-refractivity contribution in [2.24, 2.45) is 5.73 Å². The molecule has 6 aromatic rings. The van der Waals surface area contributed by atoms with E-state index in [-0.39, 0.29) is 50.5 Å². The average molecular weight is 1880 g/mol. The number of nitrogens with zero attached hydrogens (tertiary/aromatic N) is 9. The molecule has 0 bridgehead atoms. The van der Waals surface area contributed by atoms with E-state index in [4.69, 9.17) is 29.0 Å². The quantitative estimate of drug-likeness (QED) is 0.00562. The fraction of sp³-hybridized carbons (Fsp3) is 0.534. The van der Waals surface area contributed by atoms with Gasteiger partial charge in [-0.25, -0.2) is 24.1 Å². The first-order chi connectivity index (χ1) is 60.7. The maximum atomic E-state index is 13.2. The summed E-state index contributed by atoms with van der Waals surface area (Å²) in [6.45, 7) is 10.7. The summed E-state index contributed by atoms with van der Waals surface area (Å²) in [6, 6.07) is 20.2. The van der Waals surface area contributed by atoms with E-state index in [1.165, 1.54) is 58.4 Å². The number of aryl methyl sites for hydroxylation is 1. The summed E-state index contributed by atoms with van der Waals surface area (Å²) >= 11 is 0. The third kappa shape index (κ3) is 26.8. The molecule has 2 unspecified atom stereocenters. The number of anilines is 2. The number of phosphoric acid groups is 2. The third-order valence-corrected chi connectivity index (χ3v) is 27.9. The van der Waals surface area contributed by atoms with Crippen LogP contribution in [0.25, 0.3) is 11.2 Å². The molecule has 1 aliphatic carbocycles. The molecule has 5 aliphatic rings. The summed E-state index contributed by atoms with van der Waals surface area (Å²) in [5.41, 5.74) is 12.5. The number of ketones is 1. The molecule has 41 heteroatoms. The topological polar surface area (TPSA) is 504 Å². The number of fused-ring (bicyclic) bond motifs is 3. The van der Waals surface area contributed by atoms with Gasteiger partial charge in [0.2, 0.25) is 17.5 Å². The van der Waals surface area contributed by atoms with Gasteiger partial charge in [-0.3, -0.25) is 41.9 Å². The number of hydrogen-bond acceptors (Lipinski definition) is 25. The lowest BCUT2D eigenvalue weighted by Crippen LogP contribution is -2.46. The van der Waals surface area contributed by atoms with Crippen LogP contribution in [-0.4, -0.2) is 256 Å². The molecule has 129 heavy (non-hydrogen) atoms. The van der Waals surface area contributed by atoms with E-state index in [9.17, 15) is 84.5 Å². The second-order valence-electron chi connectivity index (χ2n) is 36.4. The fourth-order valence-electron chi connectivity index (χ4n) is 16.7. The maximum Gasteiger partial charge on any atom is 0.481 e. The number of benzene rings is 3. The van der Waals surface area contributed by atoms with E-state index in [1.54, 1.807) is 24.3 Å². The van der Waals surface area contributed by atoms with Crippen LogP contribution in [0.1, 0.15) is 176 Å². The number of aromatic nitrogens is 5. The highest BCUT2D eigenvalue weighted by Crippen LogP contribution is 2.61. The highest BCUT2D eigenvalue weighted by molar-refractivity contribution is 7.86. The molecule has 3 aromatic heterocycles. The number of quaternary nitrogens is 2. The number of carbonyl (C=O) groups is 4. The lowest BCUT2D eigenvalue weighted by Gasteiger charge is -2.29. The van der Waals surface area contributed by atoms with Crippen molar-refractivity contribution in [3.63, 3.8) is 0 Å². The summed E-state index contributed by atoms with van der Waals surface area (Å²) in [5.74, 6) is 0.773. The molecule has 0 radical (unpaired) electrons. The van der Waals surface area contributed by atoms with E-state index in [0.717, 1.165) is 124 Å². The largest absolute Gasteiger partial charge is 0.481 e. The van der Waals surface area contributed by atoms with Gasteiger partial charge in [-0.1, -0.05) is 51.3 Å². The van der Waals surface area contributed by atoms with Crippen molar-refractivity contribution in [2.75, 3.05) is 112 Å². The number of pyridine rings is 1. The van der Waals surface area contributed by atoms with Crippen molar-refractivity contribution in [1.29, 1.82) is 0 Å². The lowest BCUT2D eigenvalue weighted by molar-refractivity contribution is -0.871. The van der Waals surface area contributed by atoms with Crippen molar-refractivity contribution in [2.45, 2.75) is 213 Å². The zero-order valence-electron chi connectivity index (χ0n) is 74.7. The van der Waals surface area contributed by atoms with Crippen molar-refractivity contribution in [1.82, 2.24) is 30.2 Å². The van der Waals surface area contributed by atoms with Gasteiger partial charge in [-0.2, -0.15) is 30.3 Å². The first kappa shape index (κ1) is 101. The molecule has 0 saturated carbocycles. The first-order valence-corrected chi connectivity index (χ1v) is 49.4. The van der Waals surface area contributed by atoms with Gasteiger partial charge in [0, 0.05) is 98.9 Å². The van der Waals surface area contributed by atoms with Crippen LogP contribution in [0, 0.1) is 0 Å². The molecule has 0 spiro atoms. The third-order valence-electron chi connectivity index (χ3n) is 23.6. The van der Waals surface area contributed by atoms with Crippen LogP contribution in [0.5, 0.6) is 5.75 Å². The van der Waals surface area contributed by atoms with Gasteiger partial charge in [0.1, 0.15) is 59.7 Å². The number of amides is 3. The Hall–Kier alpha value is -8.77. The van der Waals surface area contributed by atoms with E-state index >= 15 is 0 Å². The SMILES string of the molecule is CC1(C)C(/C=C/C2=C(Oc3ccc(CCC(=O)NCCCCCC(=O)CCCCCCC(=O)NCCCNc4ncnc5c4ncn5[C@@H]4O[C@H](COP(=O)(O)OP(=O)(O)OC[C@H]5O[C@@H]([n+]6cccc(C(N)=O)c6)[C@H](O)[C@@H]5O)[C@@H](O)[C@H]4O)cc3)C(=C/C=C3/N(CCC[N+](C)(C)C)c4ccc(S(=O)(=O)O)cc4C3(C)C)/CCC2)=[N+](CCC[N+](C)(C)C)c2ccc(S(=O)(=O)O)cc21. The van der Waals surface area contributed by atoms with E-state index in [2.05, 4.69) is 139 Å². The zero-order chi connectivity index (χ0) is 93.8. The first-order valence-electron chi connectivity index (χ1n) is 43.5. The highest BCUT2D eigenvalue weighted by Gasteiger charge is 2.52. The minimum Gasteiger partial charge on any atom is -0.457 e. The summed E-state index contributed by atoms with van der Waals surface area (Å²) in [4.78, 5) is 85.8. The predicted molar refractivity (Wildman–Crippen MR) is 478 cm³/mol. The van der Waals surface area contributed by atoms with E-state index in [1.807, 2.05) is 24.3 Å². The van der Waals surface area contributed by atoms with Crippen LogP contribution in [0.3, 0.4) is 0 Å². The number of hydrogen-bond donors (Lipinski definition) is 12. The number of ether oxygens (including phenoxy) is 3. The van der Waals surface area contributed by atoms with Gasteiger partial charge in [-0.15, -0.1) is 0 Å². The number of aliphatic hydroxyl groups is 4. The maximum absolute atomic E-state index is 13.2. The zero-order valence-corrected chi connectivity index (χ0v) is 78.1. The van der Waals surface area contributed by atoms with Crippen LogP contribution in [-0.2, 0) is 83.8 Å². The molecule has 2 fully saturated rings. The normalized spacial score (nSPS) is 22.1. The monoisotopic (exact) mass is 1870 g/mol. The predicted octanol–water partition coefficient (Wildman–Crippen LogP) is 8.28. The number of carbonyl (C=O) groups excluding carboxylic acids is 4. The van der Waals surface area contributed by atoms with Crippen molar-refractivity contribution >= 4 is 93.5 Å². The number of unbranched alkanes of at least 4 members (excludes halogenated alkanes) is 5. The Kier molecular flexibility index (Phi) is 33.5. The summed E-state index contributed by atoms with van der Waals surface area (Å²) in [7, 11) is -7.06. The molecular formula is C88H125N13O24P2S2+4. The molecule has 704 valence electrons. The Balaban J connectivity index is 0.589. The summed E-state index contributed by atoms with van der Waals surface area (Å²) in [6.07, 6.45) is 12.7. The molecule has 10 atom stereocenters. The average Bonchev–Trinajstić information content (AvgIpc) is 1.58. The number of rotatable bonds is 47. The molecule has 3 aromatic carbocycles. The van der Waals surface area contributed by atoms with Crippen LogP contribution >= 0.6 is 15.6 Å². The lowest BCUT2D eigenvalue weighted by atomic mass is 9.81. The Morgan fingerprint density at radius 3 is 1.94 bits per heavy atom. The number of imidazole rings is 1. The Labute approximate surface area is 752 Å². The summed E-state index contributed by atoms with van der Waals surface area (Å²) in [5, 5.41) is 52.1. The number of phosphoric ester groups is 2.